The van der Waals surface area contributed by atoms with Gasteiger partial charge in [0.05, 0.1) is 6.10 Å². The van der Waals surface area contributed by atoms with Gasteiger partial charge in [-0.25, -0.2) is 0 Å². The summed E-state index contributed by atoms with van der Waals surface area (Å²) in [5.41, 5.74) is 1.36. The average molecular weight is 374 g/mol. The number of unbranched alkanes of at least 4 members (excludes halogenated alkanes) is 4. The average Bonchev–Trinajstić information content (AvgIpc) is 3.07. The van der Waals surface area contributed by atoms with Crippen LogP contribution >= 0.6 is 0 Å². The number of carbonyl (C=O) groups is 1. The Morgan fingerprint density at radius 2 is 1.85 bits per heavy atom. The van der Waals surface area contributed by atoms with Gasteiger partial charge in [0.25, 0.3) is 0 Å². The first-order chi connectivity index (χ1) is 13.1. The lowest BCUT2D eigenvalue weighted by molar-refractivity contribution is -0.150. The van der Waals surface area contributed by atoms with Gasteiger partial charge in [0.1, 0.15) is 6.04 Å². The van der Waals surface area contributed by atoms with Crippen molar-refractivity contribution in [2.75, 3.05) is 0 Å². The summed E-state index contributed by atoms with van der Waals surface area (Å²) < 4.78 is 5.76. The summed E-state index contributed by atoms with van der Waals surface area (Å²) in [7, 11) is 0. The fraction of sp³-hybridized carbons (Fsp3) is 0.708. The number of benzene rings is 1. The third-order valence-electron chi connectivity index (χ3n) is 5.80. The van der Waals surface area contributed by atoms with Crippen LogP contribution in [0.4, 0.5) is 0 Å². The molecule has 0 amide bonds. The van der Waals surface area contributed by atoms with Crippen molar-refractivity contribution in [3.05, 3.63) is 35.9 Å². The van der Waals surface area contributed by atoms with Crippen molar-refractivity contribution < 1.29 is 9.53 Å². The van der Waals surface area contributed by atoms with E-state index in [1.807, 2.05) is 6.92 Å². The highest BCUT2D eigenvalue weighted by Crippen LogP contribution is 2.28. The summed E-state index contributed by atoms with van der Waals surface area (Å²) in [5.74, 6) is 0.464. The van der Waals surface area contributed by atoms with Crippen molar-refractivity contribution in [3.63, 3.8) is 0 Å². The molecule has 152 valence electrons. The van der Waals surface area contributed by atoms with Crippen molar-refractivity contribution in [2.24, 2.45) is 5.92 Å². The summed E-state index contributed by atoms with van der Waals surface area (Å²) in [6.07, 6.45) is 11.4. The molecule has 1 aliphatic heterocycles. The third-order valence-corrected chi connectivity index (χ3v) is 5.80. The van der Waals surface area contributed by atoms with Gasteiger partial charge < -0.3 is 10.1 Å². The van der Waals surface area contributed by atoms with E-state index in [1.165, 1.54) is 37.7 Å². The maximum Gasteiger partial charge on any atom is 0.323 e. The van der Waals surface area contributed by atoms with Gasteiger partial charge in [-0.2, -0.15) is 0 Å². The molecule has 1 N–H and O–H groups in total. The van der Waals surface area contributed by atoms with E-state index in [0.717, 1.165) is 32.1 Å². The zero-order chi connectivity index (χ0) is 19.5. The monoisotopic (exact) mass is 373 g/mol. The molecule has 0 bridgehead atoms. The van der Waals surface area contributed by atoms with Gasteiger partial charge in [-0.3, -0.25) is 4.79 Å². The fourth-order valence-electron chi connectivity index (χ4n) is 4.18. The topological polar surface area (TPSA) is 38.3 Å². The Labute approximate surface area is 166 Å². The van der Waals surface area contributed by atoms with Crippen LogP contribution in [0.25, 0.3) is 0 Å². The Kier molecular flexibility index (Phi) is 9.90. The summed E-state index contributed by atoms with van der Waals surface area (Å²) in [6, 6.07) is 10.9. The molecule has 1 aliphatic rings. The molecule has 0 saturated carbocycles. The molecule has 0 aliphatic carbocycles. The molecule has 27 heavy (non-hydrogen) atoms. The molecule has 1 aromatic rings. The second-order valence-corrected chi connectivity index (χ2v) is 8.25. The minimum atomic E-state index is -0.140. The normalized spacial score (nSPS) is 23.3. The Hall–Kier alpha value is -1.35. The summed E-state index contributed by atoms with van der Waals surface area (Å²) in [5, 5.41) is 3.60. The number of ether oxygens (including phenoxy) is 1. The molecule has 1 aromatic carbocycles. The number of esters is 1. The van der Waals surface area contributed by atoms with Crippen molar-refractivity contribution >= 4 is 5.97 Å². The number of carbonyl (C=O) groups excluding carboxylic acids is 1. The first kappa shape index (κ1) is 21.9. The van der Waals surface area contributed by atoms with Gasteiger partial charge in [-0.15, -0.1) is 0 Å². The number of nitrogens with one attached hydrogen (secondary N) is 1. The maximum absolute atomic E-state index is 12.7. The maximum atomic E-state index is 12.7. The molecule has 0 aromatic heterocycles. The minimum Gasteiger partial charge on any atom is -0.462 e. The lowest BCUT2D eigenvalue weighted by Gasteiger charge is -2.19. The fourth-order valence-corrected chi connectivity index (χ4v) is 4.18. The van der Waals surface area contributed by atoms with Gasteiger partial charge in [0, 0.05) is 6.04 Å². The number of rotatable bonds is 12. The lowest BCUT2D eigenvalue weighted by atomic mass is 9.89. The zero-order valence-electron chi connectivity index (χ0n) is 17.6. The molecular weight excluding hydrogens is 334 g/mol. The first-order valence-corrected chi connectivity index (χ1v) is 11.1. The summed E-state index contributed by atoms with van der Waals surface area (Å²) in [4.78, 5) is 12.7. The highest BCUT2D eigenvalue weighted by atomic mass is 16.5. The zero-order valence-corrected chi connectivity index (χ0v) is 17.6. The van der Waals surface area contributed by atoms with Crippen LogP contribution in [0, 0.1) is 5.92 Å². The molecule has 0 radical (unpaired) electrons. The molecule has 1 saturated heterocycles. The predicted octanol–water partition coefficient (Wildman–Crippen LogP) is 5.67. The van der Waals surface area contributed by atoms with Crippen molar-refractivity contribution in [3.8, 4) is 0 Å². The summed E-state index contributed by atoms with van der Waals surface area (Å²) >= 11 is 0. The molecule has 3 nitrogen and oxygen atoms in total. The van der Waals surface area contributed by atoms with Crippen molar-refractivity contribution in [2.45, 2.75) is 103 Å². The number of hydrogen-bond acceptors (Lipinski definition) is 3. The third kappa shape index (κ3) is 7.65. The van der Waals surface area contributed by atoms with Crippen LogP contribution in [0.3, 0.4) is 0 Å². The van der Waals surface area contributed by atoms with Crippen LogP contribution in [0.1, 0.15) is 84.1 Å². The van der Waals surface area contributed by atoms with E-state index in [9.17, 15) is 4.79 Å². The molecule has 3 heteroatoms. The second kappa shape index (κ2) is 12.2. The van der Waals surface area contributed by atoms with Gasteiger partial charge in [0.2, 0.25) is 0 Å². The van der Waals surface area contributed by atoms with Crippen molar-refractivity contribution in [1.29, 1.82) is 0 Å². The van der Waals surface area contributed by atoms with E-state index in [1.54, 1.807) is 0 Å². The van der Waals surface area contributed by atoms with Crippen LogP contribution < -0.4 is 5.32 Å². The Balaban J connectivity index is 1.86. The summed E-state index contributed by atoms with van der Waals surface area (Å²) in [6.45, 7) is 6.48. The SMILES string of the molecule is CCCCCC[C@H](C)OC(=O)[C@@H]1C[C@@H](Cc2ccccc2)[C@@H](CCCC)N1. The van der Waals surface area contributed by atoms with Crippen LogP contribution in [-0.2, 0) is 16.0 Å². The van der Waals surface area contributed by atoms with E-state index in [-0.39, 0.29) is 18.1 Å². The molecular formula is C24H39NO2. The second-order valence-electron chi connectivity index (χ2n) is 8.25. The van der Waals surface area contributed by atoms with E-state index < -0.39 is 0 Å². The van der Waals surface area contributed by atoms with Crippen LogP contribution in [0.2, 0.25) is 0 Å². The van der Waals surface area contributed by atoms with E-state index in [0.29, 0.717) is 12.0 Å². The Morgan fingerprint density at radius 3 is 2.56 bits per heavy atom. The van der Waals surface area contributed by atoms with Gasteiger partial charge in [0.15, 0.2) is 0 Å². The van der Waals surface area contributed by atoms with E-state index in [4.69, 9.17) is 4.74 Å². The standard InChI is InChI=1S/C24H39NO2/c1-4-6-8-10-13-19(3)27-24(26)23-18-21(22(25-23)16-7-5-2)17-20-14-11-9-12-15-20/h9,11-12,14-15,19,21-23,25H,4-8,10,13,16-18H2,1-3H3/t19-,21+,22+,23-/m0/s1. The minimum absolute atomic E-state index is 0.0263. The van der Waals surface area contributed by atoms with E-state index >= 15 is 0 Å². The first-order valence-electron chi connectivity index (χ1n) is 11.1. The lowest BCUT2D eigenvalue weighted by Crippen LogP contribution is -2.38. The Bertz CT molecular complexity index is 530. The van der Waals surface area contributed by atoms with Crippen LogP contribution in [0.15, 0.2) is 30.3 Å². The quantitative estimate of drug-likeness (QED) is 0.379. The molecule has 1 fully saturated rings. The van der Waals surface area contributed by atoms with Gasteiger partial charge >= 0.3 is 5.97 Å². The van der Waals surface area contributed by atoms with Crippen LogP contribution in [0.5, 0.6) is 0 Å². The Morgan fingerprint density at radius 1 is 1.11 bits per heavy atom. The molecule has 4 atom stereocenters. The van der Waals surface area contributed by atoms with Crippen molar-refractivity contribution in [1.82, 2.24) is 5.32 Å². The van der Waals surface area contributed by atoms with E-state index in [2.05, 4.69) is 49.5 Å². The molecule has 0 spiro atoms. The smallest absolute Gasteiger partial charge is 0.323 e. The highest BCUT2D eigenvalue weighted by molar-refractivity contribution is 5.76. The predicted molar refractivity (Wildman–Crippen MR) is 113 cm³/mol. The van der Waals surface area contributed by atoms with Gasteiger partial charge in [-0.05, 0) is 50.5 Å². The molecule has 0 unspecified atom stereocenters. The largest absolute Gasteiger partial charge is 0.462 e. The number of hydrogen-bond donors (Lipinski definition) is 1. The van der Waals surface area contributed by atoms with Crippen LogP contribution in [-0.4, -0.2) is 24.2 Å². The molecule has 1 heterocycles. The molecule has 2 rings (SSSR count). The highest BCUT2D eigenvalue weighted by Gasteiger charge is 2.37. The van der Waals surface area contributed by atoms with Gasteiger partial charge in [-0.1, -0.05) is 76.3 Å².